The van der Waals surface area contributed by atoms with Crippen LogP contribution in [-0.4, -0.2) is 22.8 Å². The van der Waals surface area contributed by atoms with Gasteiger partial charge in [0.05, 0.1) is 19.8 Å². The highest BCUT2D eigenvalue weighted by atomic mass is 16.5. The van der Waals surface area contributed by atoms with Crippen molar-refractivity contribution in [3.8, 4) is 0 Å². The van der Waals surface area contributed by atoms with Crippen LogP contribution in [0.3, 0.4) is 0 Å². The maximum Gasteiger partial charge on any atom is 0.325 e. The third kappa shape index (κ3) is 3.29. The van der Waals surface area contributed by atoms with Crippen LogP contribution in [0.4, 0.5) is 0 Å². The average Bonchev–Trinajstić information content (AvgIpc) is 2.52. The van der Waals surface area contributed by atoms with Crippen molar-refractivity contribution in [1.29, 1.82) is 0 Å². The molecule has 1 N–H and O–H groups in total. The van der Waals surface area contributed by atoms with E-state index in [0.717, 1.165) is 6.42 Å². The van der Waals surface area contributed by atoms with E-state index in [0.29, 0.717) is 19.8 Å². The maximum absolute atomic E-state index is 11.0. The normalized spacial score (nSPS) is 10.2. The van der Waals surface area contributed by atoms with E-state index >= 15 is 0 Å². The fourth-order valence-corrected chi connectivity index (χ4v) is 0.957. The molecular formula is C9H14N2O2. The number of H-pyrrole nitrogens is 1. The standard InChI is InChI=1S/C9H14N2O2/c1-2-3-7-13-8-6-11-5-4-10-9(11)12/h2,4-5H,1,3,6-8H2,(H,10,12). The molecule has 1 rings (SSSR count). The van der Waals surface area contributed by atoms with Gasteiger partial charge >= 0.3 is 5.69 Å². The lowest BCUT2D eigenvalue weighted by Gasteiger charge is -2.01. The molecule has 1 aromatic heterocycles. The summed E-state index contributed by atoms with van der Waals surface area (Å²) in [7, 11) is 0. The van der Waals surface area contributed by atoms with Crippen LogP contribution in [0, 0.1) is 0 Å². The largest absolute Gasteiger partial charge is 0.379 e. The van der Waals surface area contributed by atoms with Crippen molar-refractivity contribution < 1.29 is 4.74 Å². The summed E-state index contributed by atoms with van der Waals surface area (Å²) in [5.41, 5.74) is -0.0904. The molecule has 0 saturated carbocycles. The van der Waals surface area contributed by atoms with Gasteiger partial charge in [-0.1, -0.05) is 6.08 Å². The second-order valence-corrected chi connectivity index (χ2v) is 2.65. The SMILES string of the molecule is C=CCCOCCn1cc[nH]c1=O. The maximum atomic E-state index is 11.0. The predicted molar refractivity (Wildman–Crippen MR) is 50.7 cm³/mol. The minimum Gasteiger partial charge on any atom is -0.379 e. The molecule has 0 spiro atoms. The molecule has 13 heavy (non-hydrogen) atoms. The Kier molecular flexibility index (Phi) is 4.05. The van der Waals surface area contributed by atoms with Gasteiger partial charge in [0.15, 0.2) is 0 Å². The molecule has 1 heterocycles. The summed E-state index contributed by atoms with van der Waals surface area (Å²) in [6, 6.07) is 0. The molecule has 0 saturated heterocycles. The zero-order chi connectivity index (χ0) is 9.52. The van der Waals surface area contributed by atoms with E-state index in [4.69, 9.17) is 4.74 Å². The molecule has 0 aliphatic rings. The van der Waals surface area contributed by atoms with Crippen LogP contribution in [0.1, 0.15) is 6.42 Å². The average molecular weight is 182 g/mol. The quantitative estimate of drug-likeness (QED) is 0.521. The fraction of sp³-hybridized carbons (Fsp3) is 0.444. The van der Waals surface area contributed by atoms with Crippen molar-refractivity contribution >= 4 is 0 Å². The van der Waals surface area contributed by atoms with E-state index in [1.54, 1.807) is 17.0 Å². The molecule has 4 heteroatoms. The second-order valence-electron chi connectivity index (χ2n) is 2.65. The Balaban J connectivity index is 2.17. The number of aromatic nitrogens is 2. The number of rotatable bonds is 6. The van der Waals surface area contributed by atoms with Crippen molar-refractivity contribution in [1.82, 2.24) is 9.55 Å². The third-order valence-electron chi connectivity index (χ3n) is 1.66. The van der Waals surface area contributed by atoms with Crippen molar-refractivity contribution in [3.05, 3.63) is 35.5 Å². The molecule has 0 bridgehead atoms. The van der Waals surface area contributed by atoms with E-state index in [-0.39, 0.29) is 5.69 Å². The Bertz CT molecular complexity index is 301. The monoisotopic (exact) mass is 182 g/mol. The molecule has 0 aromatic carbocycles. The van der Waals surface area contributed by atoms with E-state index in [1.807, 2.05) is 6.08 Å². The van der Waals surface area contributed by atoms with Crippen LogP contribution >= 0.6 is 0 Å². The highest BCUT2D eigenvalue weighted by Gasteiger charge is 1.94. The zero-order valence-corrected chi connectivity index (χ0v) is 7.53. The minimum atomic E-state index is -0.0904. The van der Waals surface area contributed by atoms with E-state index in [2.05, 4.69) is 11.6 Å². The molecule has 0 aliphatic carbocycles. The van der Waals surface area contributed by atoms with Gasteiger partial charge in [-0.05, 0) is 6.42 Å². The van der Waals surface area contributed by atoms with Gasteiger partial charge in [0.25, 0.3) is 0 Å². The Morgan fingerprint density at radius 3 is 3.08 bits per heavy atom. The van der Waals surface area contributed by atoms with E-state index < -0.39 is 0 Å². The van der Waals surface area contributed by atoms with Crippen molar-refractivity contribution in [2.75, 3.05) is 13.2 Å². The summed E-state index contributed by atoms with van der Waals surface area (Å²) in [6.07, 6.45) is 5.98. The summed E-state index contributed by atoms with van der Waals surface area (Å²) in [5.74, 6) is 0. The Labute approximate surface area is 76.8 Å². The molecule has 0 unspecified atom stereocenters. The van der Waals surface area contributed by atoms with Crippen LogP contribution in [0.15, 0.2) is 29.8 Å². The highest BCUT2D eigenvalue weighted by molar-refractivity contribution is 4.75. The van der Waals surface area contributed by atoms with Gasteiger partial charge in [-0.15, -0.1) is 6.58 Å². The first-order valence-corrected chi connectivity index (χ1v) is 4.27. The second kappa shape index (κ2) is 5.37. The highest BCUT2D eigenvalue weighted by Crippen LogP contribution is 1.85. The molecule has 0 radical (unpaired) electrons. The fourth-order valence-electron chi connectivity index (χ4n) is 0.957. The first-order chi connectivity index (χ1) is 6.34. The lowest BCUT2D eigenvalue weighted by atomic mass is 10.4. The van der Waals surface area contributed by atoms with Gasteiger partial charge in [-0.3, -0.25) is 4.57 Å². The number of hydrogen-bond acceptors (Lipinski definition) is 2. The van der Waals surface area contributed by atoms with Crippen molar-refractivity contribution in [2.45, 2.75) is 13.0 Å². The first kappa shape index (κ1) is 9.80. The first-order valence-electron chi connectivity index (χ1n) is 4.27. The molecule has 4 nitrogen and oxygen atoms in total. The summed E-state index contributed by atoms with van der Waals surface area (Å²) >= 11 is 0. The number of nitrogens with one attached hydrogen (secondary N) is 1. The number of imidazole rings is 1. The van der Waals surface area contributed by atoms with Crippen LogP contribution in [0.2, 0.25) is 0 Å². The Hall–Kier alpha value is -1.29. The van der Waals surface area contributed by atoms with E-state index in [9.17, 15) is 4.79 Å². The summed E-state index contributed by atoms with van der Waals surface area (Å²) < 4.78 is 6.83. The summed E-state index contributed by atoms with van der Waals surface area (Å²) in [6.45, 7) is 5.41. The minimum absolute atomic E-state index is 0.0904. The Morgan fingerprint density at radius 1 is 1.62 bits per heavy atom. The molecule has 72 valence electrons. The molecule has 0 fully saturated rings. The number of hydrogen-bond donors (Lipinski definition) is 1. The third-order valence-corrected chi connectivity index (χ3v) is 1.66. The number of ether oxygens (including phenoxy) is 1. The number of aromatic amines is 1. The van der Waals surface area contributed by atoms with Gasteiger partial charge in [0.2, 0.25) is 0 Å². The van der Waals surface area contributed by atoms with Gasteiger partial charge in [0, 0.05) is 12.4 Å². The molecule has 0 atom stereocenters. The van der Waals surface area contributed by atoms with Crippen LogP contribution in [-0.2, 0) is 11.3 Å². The van der Waals surface area contributed by atoms with Gasteiger partial charge < -0.3 is 9.72 Å². The molecule has 0 aliphatic heterocycles. The Morgan fingerprint density at radius 2 is 2.46 bits per heavy atom. The molecule has 1 aromatic rings. The molecular weight excluding hydrogens is 168 g/mol. The van der Waals surface area contributed by atoms with Crippen LogP contribution < -0.4 is 5.69 Å². The summed E-state index contributed by atoms with van der Waals surface area (Å²) in [4.78, 5) is 13.5. The predicted octanol–water partition coefficient (Wildman–Crippen LogP) is 0.769. The van der Waals surface area contributed by atoms with E-state index in [1.165, 1.54) is 0 Å². The van der Waals surface area contributed by atoms with Crippen molar-refractivity contribution in [2.24, 2.45) is 0 Å². The van der Waals surface area contributed by atoms with Crippen molar-refractivity contribution in [3.63, 3.8) is 0 Å². The zero-order valence-electron chi connectivity index (χ0n) is 7.53. The topological polar surface area (TPSA) is 47.0 Å². The van der Waals surface area contributed by atoms with Gasteiger partial charge in [-0.2, -0.15) is 0 Å². The van der Waals surface area contributed by atoms with Crippen LogP contribution in [0.25, 0.3) is 0 Å². The van der Waals surface area contributed by atoms with Gasteiger partial charge in [-0.25, -0.2) is 4.79 Å². The van der Waals surface area contributed by atoms with Gasteiger partial charge in [0.1, 0.15) is 0 Å². The lowest BCUT2D eigenvalue weighted by molar-refractivity contribution is 0.130. The summed E-state index contributed by atoms with van der Waals surface area (Å²) in [5, 5.41) is 0. The molecule has 0 amide bonds. The number of nitrogens with zero attached hydrogens (tertiary/aromatic N) is 1. The lowest BCUT2D eigenvalue weighted by Crippen LogP contribution is -2.19. The van der Waals surface area contributed by atoms with Crippen LogP contribution in [0.5, 0.6) is 0 Å². The smallest absolute Gasteiger partial charge is 0.325 e.